The van der Waals surface area contributed by atoms with Crippen molar-refractivity contribution in [3.8, 4) is 0 Å². The van der Waals surface area contributed by atoms with Gasteiger partial charge >= 0.3 is 7.82 Å². The standard InChI is InChI=1S/C13H22FN6O6P/c1-13(14)8(21)6(5-25-27(22,23)24)26-11(13)20(4)10-7(16-2)9(17-3)18-12(15)19-10/h6,8,11,21H,2,5H2,1,3-4H3,(H2,22,23,24)(H3,15,17,18,19)/t6-,8-,11-,13-/m1/s1. The van der Waals surface area contributed by atoms with Gasteiger partial charge in [0.1, 0.15) is 17.9 Å². The minimum Gasteiger partial charge on any atom is -0.387 e. The van der Waals surface area contributed by atoms with Crippen LogP contribution in [0.2, 0.25) is 0 Å². The maximum atomic E-state index is 15.2. The Morgan fingerprint density at radius 2 is 2.19 bits per heavy atom. The number of aromatic nitrogens is 2. The first-order valence-corrected chi connectivity index (χ1v) is 9.22. The number of nitrogens with one attached hydrogen (secondary N) is 1. The number of hydrogen-bond donors (Lipinski definition) is 5. The van der Waals surface area contributed by atoms with Gasteiger partial charge in [0.05, 0.1) is 6.61 Å². The Bertz CT molecular complexity index is 761. The highest BCUT2D eigenvalue weighted by molar-refractivity contribution is 7.46. The summed E-state index contributed by atoms with van der Waals surface area (Å²) in [5.41, 5.74) is 3.51. The molecule has 0 spiro atoms. The summed E-state index contributed by atoms with van der Waals surface area (Å²) in [6.07, 6.45) is -4.44. The molecule has 1 saturated heterocycles. The van der Waals surface area contributed by atoms with Crippen molar-refractivity contribution in [2.24, 2.45) is 4.99 Å². The normalized spacial score (nSPS) is 28.2. The van der Waals surface area contributed by atoms with Crippen molar-refractivity contribution in [1.29, 1.82) is 0 Å². The summed E-state index contributed by atoms with van der Waals surface area (Å²) in [7, 11) is -1.81. The lowest BCUT2D eigenvalue weighted by Crippen LogP contribution is -2.49. The number of nitrogens with zero attached hydrogens (tertiary/aromatic N) is 4. The van der Waals surface area contributed by atoms with E-state index in [1.54, 1.807) is 7.05 Å². The highest BCUT2D eigenvalue weighted by Gasteiger charge is 2.56. The van der Waals surface area contributed by atoms with Crippen molar-refractivity contribution in [3.63, 3.8) is 0 Å². The average Bonchev–Trinajstić information content (AvgIpc) is 2.80. The Balaban J connectivity index is 2.35. The lowest BCUT2D eigenvalue weighted by Gasteiger charge is -2.32. The van der Waals surface area contributed by atoms with Crippen LogP contribution in [0.5, 0.6) is 0 Å². The summed E-state index contributed by atoms with van der Waals surface area (Å²) in [4.78, 5) is 30.6. The molecule has 0 saturated carbocycles. The molecule has 1 aromatic heterocycles. The highest BCUT2D eigenvalue weighted by Crippen LogP contribution is 2.43. The Morgan fingerprint density at radius 3 is 2.70 bits per heavy atom. The van der Waals surface area contributed by atoms with E-state index < -0.39 is 38.5 Å². The fraction of sp³-hybridized carbons (Fsp3) is 0.615. The molecule has 0 aliphatic carbocycles. The second-order valence-electron chi connectivity index (χ2n) is 6.03. The third-order valence-electron chi connectivity index (χ3n) is 4.09. The van der Waals surface area contributed by atoms with Crippen molar-refractivity contribution < 1.29 is 33.1 Å². The van der Waals surface area contributed by atoms with Gasteiger partial charge in [-0.2, -0.15) is 9.97 Å². The molecule has 1 aromatic rings. The average molecular weight is 408 g/mol. The Kier molecular flexibility index (Phi) is 6.04. The molecule has 0 amide bonds. The van der Waals surface area contributed by atoms with Crippen LogP contribution in [0, 0.1) is 0 Å². The molecule has 2 rings (SSSR count). The van der Waals surface area contributed by atoms with Crippen molar-refractivity contribution in [1.82, 2.24) is 9.97 Å². The summed E-state index contributed by atoms with van der Waals surface area (Å²) >= 11 is 0. The predicted octanol–water partition coefficient (Wildman–Crippen LogP) is -0.208. The molecule has 0 radical (unpaired) electrons. The zero-order valence-electron chi connectivity index (χ0n) is 14.9. The van der Waals surface area contributed by atoms with Crippen LogP contribution in [0.1, 0.15) is 6.92 Å². The van der Waals surface area contributed by atoms with E-state index in [1.165, 1.54) is 11.9 Å². The van der Waals surface area contributed by atoms with Crippen LogP contribution >= 0.6 is 7.82 Å². The van der Waals surface area contributed by atoms with Crippen LogP contribution < -0.4 is 16.0 Å². The first-order valence-electron chi connectivity index (χ1n) is 7.69. The molecule has 1 fully saturated rings. The fourth-order valence-corrected chi connectivity index (χ4v) is 3.13. The van der Waals surface area contributed by atoms with E-state index in [0.717, 1.165) is 6.92 Å². The van der Waals surface area contributed by atoms with Crippen molar-refractivity contribution in [3.05, 3.63) is 0 Å². The van der Waals surface area contributed by atoms with Crippen LogP contribution in [-0.2, 0) is 13.8 Å². The number of aliphatic hydroxyl groups excluding tert-OH is 1. The van der Waals surface area contributed by atoms with Gasteiger partial charge in [-0.25, -0.2) is 8.96 Å². The number of anilines is 3. The summed E-state index contributed by atoms with van der Waals surface area (Å²) in [5.74, 6) is 0.216. The van der Waals surface area contributed by atoms with Crippen molar-refractivity contribution in [2.75, 3.05) is 36.7 Å². The molecule has 1 aliphatic rings. The topological polar surface area (TPSA) is 176 Å². The van der Waals surface area contributed by atoms with Gasteiger partial charge in [-0.05, 0) is 13.6 Å². The quantitative estimate of drug-likeness (QED) is 0.298. The predicted molar refractivity (Wildman–Crippen MR) is 95.8 cm³/mol. The Labute approximate surface area is 154 Å². The van der Waals surface area contributed by atoms with Crippen molar-refractivity contribution in [2.45, 2.75) is 31.0 Å². The molecule has 152 valence electrons. The molecule has 0 unspecified atom stereocenters. The van der Waals surface area contributed by atoms with E-state index in [-0.39, 0.29) is 23.3 Å². The van der Waals surface area contributed by atoms with Gasteiger partial charge < -0.3 is 35.6 Å². The van der Waals surface area contributed by atoms with Gasteiger partial charge in [-0.1, -0.05) is 0 Å². The number of phosphoric acid groups is 1. The number of alkyl halides is 1. The molecule has 0 aromatic carbocycles. The number of halogens is 1. The van der Waals surface area contributed by atoms with E-state index in [1.807, 2.05) is 0 Å². The molecule has 4 atom stereocenters. The second kappa shape index (κ2) is 7.62. The Morgan fingerprint density at radius 1 is 1.56 bits per heavy atom. The molecule has 12 nitrogen and oxygen atoms in total. The largest absolute Gasteiger partial charge is 0.469 e. The lowest BCUT2D eigenvalue weighted by molar-refractivity contribution is -0.0210. The molecular formula is C13H22FN6O6P. The van der Waals surface area contributed by atoms with Crippen LogP contribution in [-0.4, -0.2) is 76.4 Å². The van der Waals surface area contributed by atoms with Gasteiger partial charge in [0.2, 0.25) is 5.95 Å². The number of aliphatic hydroxyl groups is 1. The molecule has 0 bridgehead atoms. The third kappa shape index (κ3) is 4.34. The van der Waals surface area contributed by atoms with E-state index in [4.69, 9.17) is 20.3 Å². The van der Waals surface area contributed by atoms with Crippen LogP contribution in [0.3, 0.4) is 0 Å². The fourth-order valence-electron chi connectivity index (χ4n) is 2.79. The molecular weight excluding hydrogens is 386 g/mol. The number of rotatable bonds is 7. The minimum atomic E-state index is -4.81. The SMILES string of the molecule is C=Nc1c(NC)nc(N)nc1N(C)[C@@H]1O[C@H](COP(=O)(O)O)[C@@H](O)[C@@]1(C)F. The Hall–Kier alpha value is -1.89. The van der Waals surface area contributed by atoms with Gasteiger partial charge in [0.25, 0.3) is 0 Å². The van der Waals surface area contributed by atoms with Gasteiger partial charge in [-0.3, -0.25) is 9.52 Å². The van der Waals surface area contributed by atoms with E-state index in [9.17, 15) is 9.67 Å². The number of ether oxygens (including phenoxy) is 1. The van der Waals surface area contributed by atoms with E-state index in [0.29, 0.717) is 0 Å². The van der Waals surface area contributed by atoms with Crippen LogP contribution in [0.25, 0.3) is 0 Å². The molecule has 2 heterocycles. The van der Waals surface area contributed by atoms with Crippen molar-refractivity contribution >= 4 is 37.8 Å². The van der Waals surface area contributed by atoms with Crippen LogP contribution in [0.15, 0.2) is 4.99 Å². The molecule has 6 N–H and O–H groups in total. The number of nitrogen functional groups attached to an aromatic ring is 1. The lowest BCUT2D eigenvalue weighted by atomic mass is 9.98. The monoisotopic (exact) mass is 408 g/mol. The zero-order valence-corrected chi connectivity index (χ0v) is 15.8. The first-order chi connectivity index (χ1) is 12.4. The molecule has 27 heavy (non-hydrogen) atoms. The van der Waals surface area contributed by atoms with Crippen LogP contribution in [0.4, 0.5) is 27.7 Å². The second-order valence-corrected chi connectivity index (χ2v) is 7.27. The summed E-state index contributed by atoms with van der Waals surface area (Å²) in [5, 5.41) is 13.0. The summed E-state index contributed by atoms with van der Waals surface area (Å²) in [6, 6.07) is 0. The van der Waals surface area contributed by atoms with Gasteiger partial charge in [0, 0.05) is 14.1 Å². The van der Waals surface area contributed by atoms with E-state index in [2.05, 4.69) is 31.5 Å². The smallest absolute Gasteiger partial charge is 0.387 e. The molecule has 14 heteroatoms. The van der Waals surface area contributed by atoms with Gasteiger partial charge in [-0.15, -0.1) is 0 Å². The zero-order chi connectivity index (χ0) is 20.6. The minimum absolute atomic E-state index is 0.0829. The van der Waals surface area contributed by atoms with E-state index >= 15 is 4.39 Å². The molecule has 1 aliphatic heterocycles. The maximum absolute atomic E-state index is 15.2. The first kappa shape index (κ1) is 21.4. The van der Waals surface area contributed by atoms with Gasteiger partial charge in [0.15, 0.2) is 23.5 Å². The number of nitrogens with two attached hydrogens (primary N) is 1. The number of phosphoric ester groups is 1. The summed E-state index contributed by atoms with van der Waals surface area (Å²) < 4.78 is 35.8. The maximum Gasteiger partial charge on any atom is 0.469 e. The summed E-state index contributed by atoms with van der Waals surface area (Å²) in [6.45, 7) is 3.80. The third-order valence-corrected chi connectivity index (χ3v) is 4.57. The highest BCUT2D eigenvalue weighted by atomic mass is 31.2. The number of aliphatic imine (C=N–C) groups is 1. The number of hydrogen-bond acceptors (Lipinski definition) is 10.